The van der Waals surface area contributed by atoms with E-state index in [1.165, 1.54) is 11.8 Å². The SMILES string of the molecule is NCCSCC(=O)Nc1ccccc1Oc1ccccc1. The molecule has 4 nitrogen and oxygen atoms in total. The van der Waals surface area contributed by atoms with Gasteiger partial charge in [0, 0.05) is 12.3 Å². The lowest BCUT2D eigenvalue weighted by Crippen LogP contribution is -2.15. The predicted molar refractivity (Wildman–Crippen MR) is 88.0 cm³/mol. The monoisotopic (exact) mass is 302 g/mol. The molecule has 0 aliphatic rings. The molecule has 2 aromatic carbocycles. The molecule has 0 bridgehead atoms. The quantitative estimate of drug-likeness (QED) is 0.771. The van der Waals surface area contributed by atoms with Gasteiger partial charge in [-0.15, -0.1) is 0 Å². The minimum absolute atomic E-state index is 0.0578. The third kappa shape index (κ3) is 5.13. The Morgan fingerprint density at radius 2 is 1.81 bits per heavy atom. The van der Waals surface area contributed by atoms with Crippen LogP contribution in [0.4, 0.5) is 5.69 Å². The Labute approximate surface area is 128 Å². The summed E-state index contributed by atoms with van der Waals surface area (Å²) in [7, 11) is 0. The summed E-state index contributed by atoms with van der Waals surface area (Å²) in [4.78, 5) is 11.9. The molecule has 0 atom stereocenters. The van der Waals surface area contributed by atoms with Gasteiger partial charge in [-0.1, -0.05) is 30.3 Å². The van der Waals surface area contributed by atoms with Crippen molar-refractivity contribution in [2.45, 2.75) is 0 Å². The molecule has 0 aromatic heterocycles. The molecule has 0 radical (unpaired) electrons. The number of carbonyl (C=O) groups excluding carboxylic acids is 1. The summed E-state index contributed by atoms with van der Waals surface area (Å²) in [5.41, 5.74) is 6.07. The molecule has 1 amide bonds. The van der Waals surface area contributed by atoms with Gasteiger partial charge in [0.1, 0.15) is 5.75 Å². The van der Waals surface area contributed by atoms with Gasteiger partial charge in [0.05, 0.1) is 11.4 Å². The van der Waals surface area contributed by atoms with Crippen LogP contribution >= 0.6 is 11.8 Å². The summed E-state index contributed by atoms with van der Waals surface area (Å²) < 4.78 is 5.79. The fourth-order valence-corrected chi connectivity index (χ4v) is 2.28. The summed E-state index contributed by atoms with van der Waals surface area (Å²) in [6, 6.07) is 16.9. The van der Waals surface area contributed by atoms with E-state index in [1.807, 2.05) is 54.6 Å². The zero-order valence-electron chi connectivity index (χ0n) is 11.6. The van der Waals surface area contributed by atoms with Crippen LogP contribution in [0.5, 0.6) is 11.5 Å². The van der Waals surface area contributed by atoms with Gasteiger partial charge in [-0.05, 0) is 24.3 Å². The van der Waals surface area contributed by atoms with Crippen molar-refractivity contribution in [2.75, 3.05) is 23.4 Å². The van der Waals surface area contributed by atoms with Crippen molar-refractivity contribution in [3.05, 3.63) is 54.6 Å². The lowest BCUT2D eigenvalue weighted by molar-refractivity contribution is -0.113. The zero-order chi connectivity index (χ0) is 14.9. The normalized spacial score (nSPS) is 10.1. The van der Waals surface area contributed by atoms with Crippen molar-refractivity contribution < 1.29 is 9.53 Å². The van der Waals surface area contributed by atoms with Crippen LogP contribution < -0.4 is 15.8 Å². The fourth-order valence-electron chi connectivity index (χ4n) is 1.71. The summed E-state index contributed by atoms with van der Waals surface area (Å²) >= 11 is 1.51. The lowest BCUT2D eigenvalue weighted by atomic mass is 10.3. The second kappa shape index (κ2) is 8.34. The average molecular weight is 302 g/mol. The number of benzene rings is 2. The fraction of sp³-hybridized carbons (Fsp3) is 0.188. The van der Waals surface area contributed by atoms with Crippen molar-refractivity contribution in [3.63, 3.8) is 0 Å². The van der Waals surface area contributed by atoms with E-state index in [9.17, 15) is 4.79 Å². The number of nitrogens with two attached hydrogens (primary N) is 1. The number of hydrogen-bond acceptors (Lipinski definition) is 4. The molecular weight excluding hydrogens is 284 g/mol. The first-order chi connectivity index (χ1) is 10.3. The Hall–Kier alpha value is -1.98. The highest BCUT2D eigenvalue weighted by Crippen LogP contribution is 2.29. The molecule has 3 N–H and O–H groups in total. The van der Waals surface area contributed by atoms with Crippen LogP contribution in [0.15, 0.2) is 54.6 Å². The molecule has 21 heavy (non-hydrogen) atoms. The van der Waals surface area contributed by atoms with Crippen molar-refractivity contribution in [3.8, 4) is 11.5 Å². The second-order valence-electron chi connectivity index (χ2n) is 4.30. The highest BCUT2D eigenvalue weighted by Gasteiger charge is 2.08. The zero-order valence-corrected chi connectivity index (χ0v) is 12.4. The first kappa shape index (κ1) is 15.4. The second-order valence-corrected chi connectivity index (χ2v) is 5.41. The topological polar surface area (TPSA) is 64.4 Å². The third-order valence-corrected chi connectivity index (χ3v) is 3.62. The van der Waals surface area contributed by atoms with E-state index in [4.69, 9.17) is 10.5 Å². The standard InChI is InChI=1S/C16H18N2O2S/c17-10-11-21-12-16(19)18-14-8-4-5-9-15(14)20-13-6-2-1-3-7-13/h1-9H,10-12,17H2,(H,18,19). The number of rotatable bonds is 7. The van der Waals surface area contributed by atoms with E-state index in [0.29, 0.717) is 23.7 Å². The van der Waals surface area contributed by atoms with Crippen molar-refractivity contribution in [1.82, 2.24) is 0 Å². The number of amides is 1. The van der Waals surface area contributed by atoms with E-state index in [-0.39, 0.29) is 5.91 Å². The maximum absolute atomic E-state index is 11.9. The van der Waals surface area contributed by atoms with E-state index in [2.05, 4.69) is 5.32 Å². The summed E-state index contributed by atoms with van der Waals surface area (Å²) in [5, 5.41) is 2.86. The van der Waals surface area contributed by atoms with Crippen LogP contribution in [0, 0.1) is 0 Å². The Morgan fingerprint density at radius 3 is 2.57 bits per heavy atom. The molecule has 0 saturated heterocycles. The number of carbonyl (C=O) groups is 1. The van der Waals surface area contributed by atoms with Gasteiger partial charge in [-0.2, -0.15) is 11.8 Å². The number of hydrogen-bond donors (Lipinski definition) is 2. The number of thioether (sulfide) groups is 1. The minimum atomic E-state index is -0.0578. The Morgan fingerprint density at radius 1 is 1.10 bits per heavy atom. The van der Waals surface area contributed by atoms with Gasteiger partial charge in [-0.25, -0.2) is 0 Å². The van der Waals surface area contributed by atoms with Gasteiger partial charge < -0.3 is 15.8 Å². The van der Waals surface area contributed by atoms with Crippen LogP contribution in [0.3, 0.4) is 0 Å². The van der Waals surface area contributed by atoms with Gasteiger partial charge in [0.25, 0.3) is 0 Å². The summed E-state index contributed by atoms with van der Waals surface area (Å²) in [5.74, 6) is 2.46. The molecule has 5 heteroatoms. The van der Waals surface area contributed by atoms with Gasteiger partial charge in [0.2, 0.25) is 5.91 Å². The first-order valence-electron chi connectivity index (χ1n) is 6.69. The molecule has 0 heterocycles. The maximum atomic E-state index is 11.9. The van der Waals surface area contributed by atoms with Gasteiger partial charge >= 0.3 is 0 Å². The summed E-state index contributed by atoms with van der Waals surface area (Å²) in [6.07, 6.45) is 0. The molecule has 0 spiro atoms. The maximum Gasteiger partial charge on any atom is 0.234 e. The van der Waals surface area contributed by atoms with E-state index in [0.717, 1.165) is 11.5 Å². The van der Waals surface area contributed by atoms with Crippen LogP contribution in [0.2, 0.25) is 0 Å². The molecule has 0 fully saturated rings. The predicted octanol–water partition coefficient (Wildman–Crippen LogP) is 3.11. The average Bonchev–Trinajstić information content (AvgIpc) is 2.51. The van der Waals surface area contributed by atoms with E-state index >= 15 is 0 Å². The van der Waals surface area contributed by atoms with Gasteiger partial charge in [0.15, 0.2) is 5.75 Å². The minimum Gasteiger partial charge on any atom is -0.455 e. The smallest absolute Gasteiger partial charge is 0.234 e. The van der Waals surface area contributed by atoms with Crippen molar-refractivity contribution >= 4 is 23.4 Å². The molecule has 2 rings (SSSR count). The number of anilines is 1. The van der Waals surface area contributed by atoms with Crippen molar-refractivity contribution in [1.29, 1.82) is 0 Å². The highest BCUT2D eigenvalue weighted by atomic mass is 32.2. The number of para-hydroxylation sites is 3. The Balaban J connectivity index is 2.01. The largest absolute Gasteiger partial charge is 0.455 e. The first-order valence-corrected chi connectivity index (χ1v) is 7.84. The molecule has 110 valence electrons. The molecule has 2 aromatic rings. The van der Waals surface area contributed by atoms with Crippen LogP contribution in [-0.4, -0.2) is 24.0 Å². The van der Waals surface area contributed by atoms with E-state index in [1.54, 1.807) is 0 Å². The Bertz CT molecular complexity index is 575. The lowest BCUT2D eigenvalue weighted by Gasteiger charge is -2.12. The van der Waals surface area contributed by atoms with Crippen LogP contribution in [0.25, 0.3) is 0 Å². The molecular formula is C16H18N2O2S. The molecule has 0 saturated carbocycles. The Kier molecular flexibility index (Phi) is 6.12. The summed E-state index contributed by atoms with van der Waals surface area (Å²) in [6.45, 7) is 0.575. The highest BCUT2D eigenvalue weighted by molar-refractivity contribution is 7.99. The molecule has 0 unspecified atom stereocenters. The molecule has 0 aliphatic carbocycles. The molecule has 0 aliphatic heterocycles. The third-order valence-electron chi connectivity index (χ3n) is 2.63. The van der Waals surface area contributed by atoms with Crippen LogP contribution in [0.1, 0.15) is 0 Å². The van der Waals surface area contributed by atoms with Gasteiger partial charge in [-0.3, -0.25) is 4.79 Å². The van der Waals surface area contributed by atoms with Crippen molar-refractivity contribution in [2.24, 2.45) is 5.73 Å². The van der Waals surface area contributed by atoms with Crippen LogP contribution in [-0.2, 0) is 4.79 Å². The van der Waals surface area contributed by atoms with E-state index < -0.39 is 0 Å². The number of nitrogens with one attached hydrogen (secondary N) is 1. The number of ether oxygens (including phenoxy) is 1.